The molecule has 1 N–H and O–H groups in total. The minimum absolute atomic E-state index is 0. The molecule has 3 aromatic rings. The predicted molar refractivity (Wildman–Crippen MR) is 113 cm³/mol. The molecule has 8 heteroatoms. The number of amides is 1. The van der Waals surface area contributed by atoms with Gasteiger partial charge in [-0.3, -0.25) is 9.48 Å². The molecule has 1 fully saturated rings. The van der Waals surface area contributed by atoms with Gasteiger partial charge in [-0.05, 0) is 24.5 Å². The normalized spacial score (nSPS) is 16.5. The van der Waals surface area contributed by atoms with Gasteiger partial charge in [-0.1, -0.05) is 31.2 Å². The Hall–Kier alpha value is -2.64. The van der Waals surface area contributed by atoms with Crippen LogP contribution in [0.25, 0.3) is 11.5 Å². The van der Waals surface area contributed by atoms with Crippen molar-refractivity contribution in [3.8, 4) is 11.5 Å². The van der Waals surface area contributed by atoms with Gasteiger partial charge < -0.3 is 14.6 Å². The molecule has 1 unspecified atom stereocenters. The van der Waals surface area contributed by atoms with Crippen molar-refractivity contribution < 1.29 is 9.21 Å². The lowest BCUT2D eigenvalue weighted by Crippen LogP contribution is -2.48. The maximum atomic E-state index is 13.3. The summed E-state index contributed by atoms with van der Waals surface area (Å²) >= 11 is 0. The number of hydrogen-bond donors (Lipinski definition) is 1. The van der Waals surface area contributed by atoms with Crippen molar-refractivity contribution in [2.45, 2.75) is 26.3 Å². The van der Waals surface area contributed by atoms with Crippen LogP contribution >= 0.6 is 12.4 Å². The highest BCUT2D eigenvalue weighted by molar-refractivity contribution is 5.94. The average Bonchev–Trinajstić information content (AvgIpc) is 3.33. The van der Waals surface area contributed by atoms with Gasteiger partial charge in [-0.25, -0.2) is 4.98 Å². The Labute approximate surface area is 176 Å². The highest BCUT2D eigenvalue weighted by Gasteiger charge is 2.31. The smallest absolute Gasteiger partial charge is 0.276 e. The van der Waals surface area contributed by atoms with Crippen LogP contribution in [-0.2, 0) is 13.5 Å². The first kappa shape index (κ1) is 21.1. The molecule has 1 aliphatic rings. The fourth-order valence-electron chi connectivity index (χ4n) is 3.61. The van der Waals surface area contributed by atoms with E-state index in [4.69, 9.17) is 4.42 Å². The van der Waals surface area contributed by atoms with Crippen LogP contribution < -0.4 is 5.32 Å². The first-order chi connectivity index (χ1) is 13.6. The van der Waals surface area contributed by atoms with E-state index in [9.17, 15) is 4.79 Å². The topological polar surface area (TPSA) is 76.2 Å². The van der Waals surface area contributed by atoms with Crippen LogP contribution in [0.2, 0.25) is 0 Å². The van der Waals surface area contributed by atoms with Crippen LogP contribution in [0.15, 0.2) is 41.1 Å². The summed E-state index contributed by atoms with van der Waals surface area (Å²) in [7, 11) is 1.83. The summed E-state index contributed by atoms with van der Waals surface area (Å²) in [6.07, 6.45) is 4.51. The fraction of sp³-hybridized carbons (Fsp3) is 0.381. The van der Waals surface area contributed by atoms with E-state index in [-0.39, 0.29) is 24.4 Å². The standard InChI is InChI=1S/C21H25N5O2.ClH/c1-4-15-5-7-16(8-6-15)18-12-22-9-10-26(18)21(27)19-14(2)28-20(24-19)17-11-23-25(3)13-17;/h5-8,11,13,18,22H,4,9-10,12H2,1-3H3;1H. The third kappa shape index (κ3) is 4.21. The number of halogens is 1. The van der Waals surface area contributed by atoms with Crippen molar-refractivity contribution in [1.29, 1.82) is 0 Å². The third-order valence-corrected chi connectivity index (χ3v) is 5.23. The van der Waals surface area contributed by atoms with Crippen molar-refractivity contribution in [2.24, 2.45) is 7.05 Å². The lowest BCUT2D eigenvalue weighted by atomic mass is 10.0. The number of aromatic nitrogens is 3. The van der Waals surface area contributed by atoms with Gasteiger partial charge in [-0.2, -0.15) is 5.10 Å². The zero-order valence-electron chi connectivity index (χ0n) is 16.9. The van der Waals surface area contributed by atoms with Gasteiger partial charge in [0.1, 0.15) is 5.76 Å². The number of aryl methyl sites for hydroxylation is 3. The van der Waals surface area contributed by atoms with Crippen LogP contribution in [0.4, 0.5) is 0 Å². The lowest BCUT2D eigenvalue weighted by Gasteiger charge is -2.36. The molecule has 7 nitrogen and oxygen atoms in total. The Bertz CT molecular complexity index is 979. The summed E-state index contributed by atoms with van der Waals surface area (Å²) in [6, 6.07) is 8.48. The van der Waals surface area contributed by atoms with Gasteiger partial charge >= 0.3 is 0 Å². The van der Waals surface area contributed by atoms with Crippen molar-refractivity contribution in [3.63, 3.8) is 0 Å². The fourth-order valence-corrected chi connectivity index (χ4v) is 3.61. The summed E-state index contributed by atoms with van der Waals surface area (Å²) < 4.78 is 7.45. The predicted octanol–water partition coefficient (Wildman–Crippen LogP) is 3.15. The van der Waals surface area contributed by atoms with Crippen molar-refractivity contribution in [2.75, 3.05) is 19.6 Å². The van der Waals surface area contributed by atoms with Crippen LogP contribution in [-0.4, -0.2) is 45.2 Å². The number of nitrogens with zero attached hydrogens (tertiary/aromatic N) is 4. The van der Waals surface area contributed by atoms with Gasteiger partial charge in [-0.15, -0.1) is 12.4 Å². The van der Waals surface area contributed by atoms with E-state index in [0.29, 0.717) is 23.9 Å². The zero-order valence-corrected chi connectivity index (χ0v) is 17.7. The van der Waals surface area contributed by atoms with Crippen LogP contribution in [0.5, 0.6) is 0 Å². The number of nitrogens with one attached hydrogen (secondary N) is 1. The maximum absolute atomic E-state index is 13.3. The monoisotopic (exact) mass is 415 g/mol. The Morgan fingerprint density at radius 1 is 1.31 bits per heavy atom. The number of carbonyl (C=O) groups excluding carboxylic acids is 1. The molecule has 1 aromatic carbocycles. The van der Waals surface area contributed by atoms with Crippen molar-refractivity contribution >= 4 is 18.3 Å². The number of piperazine rings is 1. The maximum Gasteiger partial charge on any atom is 0.276 e. The highest BCUT2D eigenvalue weighted by Crippen LogP contribution is 2.27. The second-order valence-electron chi connectivity index (χ2n) is 7.14. The van der Waals surface area contributed by atoms with E-state index in [1.165, 1.54) is 5.56 Å². The van der Waals surface area contributed by atoms with E-state index in [2.05, 4.69) is 46.6 Å². The molecule has 0 radical (unpaired) electrons. The summed E-state index contributed by atoms with van der Waals surface area (Å²) in [5.41, 5.74) is 3.55. The molecular weight excluding hydrogens is 390 g/mol. The van der Waals surface area contributed by atoms with Gasteiger partial charge in [0.2, 0.25) is 5.89 Å². The minimum Gasteiger partial charge on any atom is -0.440 e. The van der Waals surface area contributed by atoms with Gasteiger partial charge in [0.15, 0.2) is 5.69 Å². The second kappa shape index (κ2) is 8.80. The van der Waals surface area contributed by atoms with E-state index in [1.54, 1.807) is 17.8 Å². The number of carbonyl (C=O) groups is 1. The van der Waals surface area contributed by atoms with E-state index >= 15 is 0 Å². The molecule has 0 saturated carbocycles. The van der Waals surface area contributed by atoms with Crippen LogP contribution in [0.1, 0.15) is 40.3 Å². The molecular formula is C21H26ClN5O2. The third-order valence-electron chi connectivity index (χ3n) is 5.23. The number of hydrogen-bond acceptors (Lipinski definition) is 5. The van der Waals surface area contributed by atoms with E-state index in [1.807, 2.05) is 18.1 Å². The number of rotatable bonds is 4. The molecule has 1 saturated heterocycles. The quantitative estimate of drug-likeness (QED) is 0.708. The molecule has 3 heterocycles. The molecule has 1 amide bonds. The van der Waals surface area contributed by atoms with Crippen molar-refractivity contribution in [1.82, 2.24) is 25.0 Å². The summed E-state index contributed by atoms with van der Waals surface area (Å²) in [5, 5.41) is 7.54. The zero-order chi connectivity index (χ0) is 19.7. The second-order valence-corrected chi connectivity index (χ2v) is 7.14. The molecule has 1 atom stereocenters. The molecule has 0 bridgehead atoms. The first-order valence-electron chi connectivity index (χ1n) is 9.63. The Morgan fingerprint density at radius 3 is 2.72 bits per heavy atom. The molecule has 4 rings (SSSR count). The molecule has 0 spiro atoms. The van der Waals surface area contributed by atoms with Crippen LogP contribution in [0, 0.1) is 6.92 Å². The van der Waals surface area contributed by atoms with Gasteiger partial charge in [0, 0.05) is 32.9 Å². The molecule has 0 aliphatic carbocycles. The average molecular weight is 416 g/mol. The minimum atomic E-state index is -0.0949. The van der Waals surface area contributed by atoms with E-state index < -0.39 is 0 Å². The Balaban J connectivity index is 0.00000240. The molecule has 29 heavy (non-hydrogen) atoms. The molecule has 1 aliphatic heterocycles. The Kier molecular flexibility index (Phi) is 6.39. The van der Waals surface area contributed by atoms with Gasteiger partial charge in [0.25, 0.3) is 5.91 Å². The van der Waals surface area contributed by atoms with E-state index in [0.717, 1.165) is 30.6 Å². The lowest BCUT2D eigenvalue weighted by molar-refractivity contribution is 0.0627. The summed E-state index contributed by atoms with van der Waals surface area (Å²) in [6.45, 7) is 6.05. The van der Waals surface area contributed by atoms with Gasteiger partial charge in [0.05, 0.1) is 17.8 Å². The highest BCUT2D eigenvalue weighted by atomic mass is 35.5. The molecule has 154 valence electrons. The largest absolute Gasteiger partial charge is 0.440 e. The molecule has 2 aromatic heterocycles. The summed E-state index contributed by atoms with van der Waals surface area (Å²) in [5.74, 6) is 0.859. The summed E-state index contributed by atoms with van der Waals surface area (Å²) in [4.78, 5) is 19.7. The number of benzene rings is 1. The SMILES string of the molecule is CCc1ccc(C2CNCCN2C(=O)c2nc(-c3cnn(C)c3)oc2C)cc1.Cl. The first-order valence-corrected chi connectivity index (χ1v) is 9.63. The van der Waals surface area contributed by atoms with Crippen LogP contribution in [0.3, 0.4) is 0 Å². The van der Waals surface area contributed by atoms with Crippen molar-refractivity contribution in [3.05, 3.63) is 59.2 Å². The number of oxazole rings is 1. The Morgan fingerprint density at radius 2 is 2.07 bits per heavy atom.